The molecule has 0 saturated heterocycles. The Labute approximate surface area is 106 Å². The summed E-state index contributed by atoms with van der Waals surface area (Å²) in [5.74, 6) is 1.48. The fourth-order valence-corrected chi connectivity index (χ4v) is 1.99. The maximum Gasteiger partial charge on any atom is 0.0818 e. The van der Waals surface area contributed by atoms with E-state index in [1.165, 1.54) is 5.56 Å². The van der Waals surface area contributed by atoms with Crippen molar-refractivity contribution in [3.05, 3.63) is 35.4 Å². The first-order valence-electron chi connectivity index (χ1n) is 6.68. The number of rotatable bonds is 5. The SMILES string of the molecule is CC(C)Cc1ccc(C(O)C(C)C(C)C)cc1. The van der Waals surface area contributed by atoms with E-state index in [2.05, 4.69) is 58.9 Å². The maximum absolute atomic E-state index is 10.2. The van der Waals surface area contributed by atoms with Gasteiger partial charge in [-0.15, -0.1) is 0 Å². The first-order chi connectivity index (χ1) is 7.91. The van der Waals surface area contributed by atoms with Gasteiger partial charge in [0.1, 0.15) is 0 Å². The van der Waals surface area contributed by atoms with E-state index in [0.717, 1.165) is 12.0 Å². The van der Waals surface area contributed by atoms with Crippen LogP contribution in [0.3, 0.4) is 0 Å². The van der Waals surface area contributed by atoms with Crippen LogP contribution in [-0.4, -0.2) is 5.11 Å². The molecule has 1 nitrogen and oxygen atoms in total. The van der Waals surface area contributed by atoms with Crippen LogP contribution in [0, 0.1) is 17.8 Å². The summed E-state index contributed by atoms with van der Waals surface area (Å²) in [5.41, 5.74) is 2.40. The zero-order chi connectivity index (χ0) is 13.0. The third kappa shape index (κ3) is 4.16. The third-order valence-electron chi connectivity index (χ3n) is 3.51. The molecule has 0 amide bonds. The van der Waals surface area contributed by atoms with Gasteiger partial charge in [0, 0.05) is 0 Å². The van der Waals surface area contributed by atoms with Crippen molar-refractivity contribution < 1.29 is 5.11 Å². The Bertz CT molecular complexity index is 324. The topological polar surface area (TPSA) is 20.2 Å². The van der Waals surface area contributed by atoms with Crippen LogP contribution in [0.5, 0.6) is 0 Å². The molecule has 0 fully saturated rings. The normalized spacial score (nSPS) is 15.3. The van der Waals surface area contributed by atoms with Gasteiger partial charge in [-0.05, 0) is 35.3 Å². The molecule has 0 aromatic heterocycles. The quantitative estimate of drug-likeness (QED) is 0.809. The molecule has 1 aromatic rings. The molecule has 2 atom stereocenters. The Hall–Kier alpha value is -0.820. The van der Waals surface area contributed by atoms with E-state index < -0.39 is 0 Å². The summed E-state index contributed by atoms with van der Waals surface area (Å²) in [6.07, 6.45) is 0.763. The predicted molar refractivity (Wildman–Crippen MR) is 73.9 cm³/mol. The number of benzene rings is 1. The fraction of sp³-hybridized carbons (Fsp3) is 0.625. The lowest BCUT2D eigenvalue weighted by atomic mass is 9.88. The van der Waals surface area contributed by atoms with Crippen molar-refractivity contribution in [2.45, 2.75) is 47.1 Å². The van der Waals surface area contributed by atoms with Crippen molar-refractivity contribution in [2.75, 3.05) is 0 Å². The summed E-state index contributed by atoms with van der Waals surface area (Å²) >= 11 is 0. The highest BCUT2D eigenvalue weighted by Gasteiger charge is 2.19. The van der Waals surface area contributed by atoms with Crippen molar-refractivity contribution in [1.82, 2.24) is 0 Å². The highest BCUT2D eigenvalue weighted by atomic mass is 16.3. The molecule has 0 aliphatic heterocycles. The number of hydrogen-bond donors (Lipinski definition) is 1. The molecule has 1 N–H and O–H groups in total. The minimum absolute atomic E-state index is 0.297. The van der Waals surface area contributed by atoms with Crippen LogP contribution >= 0.6 is 0 Å². The zero-order valence-corrected chi connectivity index (χ0v) is 11.8. The average molecular weight is 234 g/mol. The summed E-state index contributed by atoms with van der Waals surface area (Å²) in [6, 6.07) is 8.43. The van der Waals surface area contributed by atoms with Gasteiger partial charge >= 0.3 is 0 Å². The largest absolute Gasteiger partial charge is 0.388 e. The minimum Gasteiger partial charge on any atom is -0.388 e. The molecule has 0 aliphatic rings. The molecular weight excluding hydrogens is 208 g/mol. The number of aliphatic hydroxyl groups excluding tert-OH is 1. The Morgan fingerprint density at radius 3 is 1.88 bits per heavy atom. The summed E-state index contributed by atoms with van der Waals surface area (Å²) < 4.78 is 0. The minimum atomic E-state index is -0.344. The Balaban J connectivity index is 2.73. The standard InChI is InChI=1S/C16H26O/c1-11(2)10-14-6-8-15(9-7-14)16(17)13(5)12(3)4/h6-9,11-13,16-17H,10H2,1-5H3. The Morgan fingerprint density at radius 2 is 1.47 bits per heavy atom. The summed E-state index contributed by atoms with van der Waals surface area (Å²) in [4.78, 5) is 0. The van der Waals surface area contributed by atoms with Crippen LogP contribution in [0.2, 0.25) is 0 Å². The van der Waals surface area contributed by atoms with Gasteiger partial charge in [0.25, 0.3) is 0 Å². The van der Waals surface area contributed by atoms with E-state index in [-0.39, 0.29) is 6.10 Å². The van der Waals surface area contributed by atoms with Crippen LogP contribution in [0.25, 0.3) is 0 Å². The zero-order valence-electron chi connectivity index (χ0n) is 11.8. The molecule has 0 spiro atoms. The lowest BCUT2D eigenvalue weighted by molar-refractivity contribution is 0.0921. The summed E-state index contributed by atoms with van der Waals surface area (Å²) in [7, 11) is 0. The lowest BCUT2D eigenvalue weighted by Gasteiger charge is -2.22. The molecule has 0 bridgehead atoms. The van der Waals surface area contributed by atoms with Crippen LogP contribution in [0.15, 0.2) is 24.3 Å². The van der Waals surface area contributed by atoms with Crippen molar-refractivity contribution in [3.8, 4) is 0 Å². The van der Waals surface area contributed by atoms with Crippen molar-refractivity contribution in [2.24, 2.45) is 17.8 Å². The highest BCUT2D eigenvalue weighted by molar-refractivity contribution is 5.24. The Morgan fingerprint density at radius 1 is 0.941 bits per heavy atom. The van der Waals surface area contributed by atoms with E-state index in [0.29, 0.717) is 17.8 Å². The van der Waals surface area contributed by atoms with Crippen LogP contribution < -0.4 is 0 Å². The van der Waals surface area contributed by atoms with Gasteiger partial charge in [0.2, 0.25) is 0 Å². The van der Waals surface area contributed by atoms with Gasteiger partial charge in [0.05, 0.1) is 6.10 Å². The molecule has 17 heavy (non-hydrogen) atoms. The van der Waals surface area contributed by atoms with Gasteiger partial charge < -0.3 is 5.11 Å². The van der Waals surface area contributed by atoms with Gasteiger partial charge in [-0.25, -0.2) is 0 Å². The molecule has 0 saturated carbocycles. The molecule has 1 aromatic carbocycles. The second kappa shape index (κ2) is 6.20. The smallest absolute Gasteiger partial charge is 0.0818 e. The van der Waals surface area contributed by atoms with Gasteiger partial charge in [0.15, 0.2) is 0 Å². The molecule has 0 heterocycles. The second-order valence-electron chi connectivity index (χ2n) is 5.89. The van der Waals surface area contributed by atoms with E-state index in [9.17, 15) is 5.11 Å². The molecule has 0 radical (unpaired) electrons. The van der Waals surface area contributed by atoms with Crippen LogP contribution in [0.4, 0.5) is 0 Å². The third-order valence-corrected chi connectivity index (χ3v) is 3.51. The molecule has 1 heteroatoms. The van der Waals surface area contributed by atoms with Gasteiger partial charge in [-0.2, -0.15) is 0 Å². The monoisotopic (exact) mass is 234 g/mol. The number of aliphatic hydroxyl groups is 1. The number of hydrogen-bond acceptors (Lipinski definition) is 1. The van der Waals surface area contributed by atoms with Crippen molar-refractivity contribution >= 4 is 0 Å². The molecule has 0 aliphatic carbocycles. The van der Waals surface area contributed by atoms with Crippen LogP contribution in [-0.2, 0) is 6.42 Å². The first-order valence-corrected chi connectivity index (χ1v) is 6.68. The van der Waals surface area contributed by atoms with E-state index >= 15 is 0 Å². The van der Waals surface area contributed by atoms with Gasteiger partial charge in [-0.3, -0.25) is 0 Å². The van der Waals surface area contributed by atoms with Crippen molar-refractivity contribution in [1.29, 1.82) is 0 Å². The summed E-state index contributed by atoms with van der Waals surface area (Å²) in [6.45, 7) is 10.9. The molecule has 2 unspecified atom stereocenters. The lowest BCUT2D eigenvalue weighted by Crippen LogP contribution is -2.14. The summed E-state index contributed by atoms with van der Waals surface area (Å²) in [5, 5.41) is 10.2. The second-order valence-corrected chi connectivity index (χ2v) is 5.89. The van der Waals surface area contributed by atoms with E-state index in [4.69, 9.17) is 0 Å². The van der Waals surface area contributed by atoms with Crippen molar-refractivity contribution in [3.63, 3.8) is 0 Å². The van der Waals surface area contributed by atoms with E-state index in [1.54, 1.807) is 0 Å². The molecule has 1 rings (SSSR count). The van der Waals surface area contributed by atoms with Crippen LogP contribution in [0.1, 0.15) is 51.8 Å². The van der Waals surface area contributed by atoms with E-state index in [1.807, 2.05) is 0 Å². The maximum atomic E-state index is 10.2. The predicted octanol–water partition coefficient (Wildman–Crippen LogP) is 4.21. The van der Waals surface area contributed by atoms with Gasteiger partial charge in [-0.1, -0.05) is 58.9 Å². The molecule has 96 valence electrons. The first kappa shape index (κ1) is 14.2. The fourth-order valence-electron chi connectivity index (χ4n) is 1.99. The molecular formula is C16H26O. The average Bonchev–Trinajstić information content (AvgIpc) is 2.27. The highest BCUT2D eigenvalue weighted by Crippen LogP contribution is 2.27. The Kier molecular flexibility index (Phi) is 5.20.